The zero-order valence-corrected chi connectivity index (χ0v) is 15.2. The minimum absolute atomic E-state index is 0.00644. The summed E-state index contributed by atoms with van der Waals surface area (Å²) in [5.74, 6) is 1.21. The molecule has 1 amide bonds. The summed E-state index contributed by atoms with van der Waals surface area (Å²) >= 11 is 1.45. The zero-order valence-electron chi connectivity index (χ0n) is 14.4. The van der Waals surface area contributed by atoms with E-state index in [9.17, 15) is 4.79 Å². The van der Waals surface area contributed by atoms with Crippen molar-refractivity contribution in [3.8, 4) is 5.75 Å². The Bertz CT molecular complexity index is 876. The zero-order chi connectivity index (χ0) is 17.6. The van der Waals surface area contributed by atoms with Gasteiger partial charge in [0.2, 0.25) is 5.91 Å². The van der Waals surface area contributed by atoms with E-state index in [0.29, 0.717) is 12.3 Å². The fourth-order valence-electron chi connectivity index (χ4n) is 2.68. The standard InChI is InChI=1S/C19H21N3O2S/c1-22-16-9-5-4-8-15(16)21-19(22)25-13-18(23)20-12-11-14-7-3-6-10-17(14)24-2/h3-10H,11-13H2,1-2H3,(H,20,23). The topological polar surface area (TPSA) is 56.1 Å². The molecule has 0 bridgehead atoms. The molecule has 0 fully saturated rings. The molecule has 1 aromatic heterocycles. The van der Waals surface area contributed by atoms with Crippen LogP contribution in [-0.4, -0.2) is 34.9 Å². The highest BCUT2D eigenvalue weighted by atomic mass is 32.2. The Kier molecular flexibility index (Phi) is 5.60. The highest BCUT2D eigenvalue weighted by molar-refractivity contribution is 7.99. The van der Waals surface area contributed by atoms with E-state index in [4.69, 9.17) is 4.74 Å². The van der Waals surface area contributed by atoms with Gasteiger partial charge >= 0.3 is 0 Å². The van der Waals surface area contributed by atoms with E-state index in [0.717, 1.165) is 33.9 Å². The third-order valence-corrected chi connectivity index (χ3v) is 5.02. The van der Waals surface area contributed by atoms with Crippen LogP contribution in [0.1, 0.15) is 5.56 Å². The third kappa shape index (κ3) is 4.14. The van der Waals surface area contributed by atoms with Crippen LogP contribution in [-0.2, 0) is 18.3 Å². The van der Waals surface area contributed by atoms with Crippen LogP contribution in [0.5, 0.6) is 5.75 Å². The van der Waals surface area contributed by atoms with Gasteiger partial charge in [0.25, 0.3) is 0 Å². The van der Waals surface area contributed by atoms with Gasteiger partial charge in [-0.3, -0.25) is 4.79 Å². The number of amides is 1. The molecule has 0 aliphatic heterocycles. The van der Waals surface area contributed by atoms with Crippen molar-refractivity contribution in [2.75, 3.05) is 19.4 Å². The van der Waals surface area contributed by atoms with Crippen LogP contribution in [0.4, 0.5) is 0 Å². The normalized spacial score (nSPS) is 10.8. The number of aromatic nitrogens is 2. The summed E-state index contributed by atoms with van der Waals surface area (Å²) in [5.41, 5.74) is 3.11. The highest BCUT2D eigenvalue weighted by Crippen LogP contribution is 2.22. The van der Waals surface area contributed by atoms with Crippen molar-refractivity contribution in [2.24, 2.45) is 7.05 Å². The van der Waals surface area contributed by atoms with E-state index in [-0.39, 0.29) is 5.91 Å². The number of imidazole rings is 1. The molecule has 0 radical (unpaired) electrons. The fraction of sp³-hybridized carbons (Fsp3) is 0.263. The predicted molar refractivity (Wildman–Crippen MR) is 101 cm³/mol. The molecule has 0 aliphatic carbocycles. The van der Waals surface area contributed by atoms with Crippen molar-refractivity contribution in [1.29, 1.82) is 0 Å². The second-order valence-electron chi connectivity index (χ2n) is 5.64. The first-order valence-electron chi connectivity index (χ1n) is 8.12. The van der Waals surface area contributed by atoms with Crippen molar-refractivity contribution >= 4 is 28.7 Å². The van der Waals surface area contributed by atoms with Gasteiger partial charge in [0.1, 0.15) is 5.75 Å². The average Bonchev–Trinajstić information content (AvgIpc) is 2.97. The maximum Gasteiger partial charge on any atom is 0.230 e. The van der Waals surface area contributed by atoms with Crippen LogP contribution in [0.2, 0.25) is 0 Å². The molecule has 3 aromatic rings. The van der Waals surface area contributed by atoms with Gasteiger partial charge in [-0.25, -0.2) is 4.98 Å². The minimum Gasteiger partial charge on any atom is -0.496 e. The van der Waals surface area contributed by atoms with E-state index < -0.39 is 0 Å². The SMILES string of the molecule is COc1ccccc1CCNC(=O)CSc1nc2ccccc2n1C. The number of hydrogen-bond acceptors (Lipinski definition) is 4. The van der Waals surface area contributed by atoms with Crippen molar-refractivity contribution in [1.82, 2.24) is 14.9 Å². The summed E-state index contributed by atoms with van der Waals surface area (Å²) in [6, 6.07) is 15.8. The summed E-state index contributed by atoms with van der Waals surface area (Å²) in [7, 11) is 3.63. The van der Waals surface area contributed by atoms with Crippen LogP contribution in [0, 0.1) is 0 Å². The van der Waals surface area contributed by atoms with Gasteiger partial charge in [-0.1, -0.05) is 42.1 Å². The lowest BCUT2D eigenvalue weighted by atomic mass is 10.1. The smallest absolute Gasteiger partial charge is 0.230 e. The molecule has 3 rings (SSSR count). The summed E-state index contributed by atoms with van der Waals surface area (Å²) < 4.78 is 7.34. The highest BCUT2D eigenvalue weighted by Gasteiger charge is 2.10. The number of nitrogens with zero attached hydrogens (tertiary/aromatic N) is 2. The van der Waals surface area contributed by atoms with Gasteiger partial charge in [0.05, 0.1) is 23.9 Å². The van der Waals surface area contributed by atoms with Gasteiger partial charge in [0, 0.05) is 13.6 Å². The number of methoxy groups -OCH3 is 1. The number of hydrogen-bond donors (Lipinski definition) is 1. The molecule has 0 aliphatic rings. The maximum atomic E-state index is 12.1. The Labute approximate surface area is 151 Å². The molecule has 0 atom stereocenters. The molecular weight excluding hydrogens is 334 g/mol. The van der Waals surface area contributed by atoms with E-state index in [2.05, 4.69) is 10.3 Å². The lowest BCUT2D eigenvalue weighted by Crippen LogP contribution is -2.27. The van der Waals surface area contributed by atoms with E-state index in [1.54, 1.807) is 7.11 Å². The molecule has 0 spiro atoms. The number of rotatable bonds is 7. The molecule has 0 unspecified atom stereocenters. The molecule has 130 valence electrons. The number of nitrogens with one attached hydrogen (secondary N) is 1. The van der Waals surface area contributed by atoms with Gasteiger partial charge in [-0.15, -0.1) is 0 Å². The minimum atomic E-state index is 0.00644. The first kappa shape index (κ1) is 17.4. The van der Waals surface area contributed by atoms with Crippen LogP contribution in [0.25, 0.3) is 11.0 Å². The monoisotopic (exact) mass is 355 g/mol. The second-order valence-corrected chi connectivity index (χ2v) is 6.59. The van der Waals surface area contributed by atoms with Crippen molar-refractivity contribution in [3.05, 3.63) is 54.1 Å². The molecule has 1 heterocycles. The predicted octanol–water partition coefficient (Wildman–Crippen LogP) is 3.03. The van der Waals surface area contributed by atoms with Crippen molar-refractivity contribution < 1.29 is 9.53 Å². The number of carbonyl (C=O) groups is 1. The number of thioether (sulfide) groups is 1. The Balaban J connectivity index is 1.50. The van der Waals surface area contributed by atoms with Gasteiger partial charge < -0.3 is 14.6 Å². The van der Waals surface area contributed by atoms with Crippen LogP contribution < -0.4 is 10.1 Å². The maximum absolute atomic E-state index is 12.1. The number of fused-ring (bicyclic) bond motifs is 1. The lowest BCUT2D eigenvalue weighted by molar-refractivity contribution is -0.118. The number of benzene rings is 2. The molecule has 2 aromatic carbocycles. The molecule has 1 N–H and O–H groups in total. The van der Waals surface area contributed by atoms with Crippen LogP contribution >= 0.6 is 11.8 Å². The summed E-state index contributed by atoms with van der Waals surface area (Å²) in [6.45, 7) is 0.586. The lowest BCUT2D eigenvalue weighted by Gasteiger charge is -2.09. The Morgan fingerprint density at radius 3 is 2.76 bits per heavy atom. The number of para-hydroxylation sites is 3. The second kappa shape index (κ2) is 8.07. The van der Waals surface area contributed by atoms with Gasteiger partial charge in [0.15, 0.2) is 5.16 Å². The quantitative estimate of drug-likeness (QED) is 0.662. The van der Waals surface area contributed by atoms with E-state index in [1.165, 1.54) is 11.8 Å². The first-order valence-corrected chi connectivity index (χ1v) is 9.10. The molecule has 6 heteroatoms. The van der Waals surface area contributed by atoms with Gasteiger partial charge in [-0.05, 0) is 30.2 Å². The summed E-state index contributed by atoms with van der Waals surface area (Å²) in [4.78, 5) is 16.7. The fourth-order valence-corrected chi connectivity index (χ4v) is 3.50. The Hall–Kier alpha value is -2.47. The van der Waals surface area contributed by atoms with Crippen LogP contribution in [0.3, 0.4) is 0 Å². The molecular formula is C19H21N3O2S. The Morgan fingerprint density at radius 2 is 1.96 bits per heavy atom. The van der Waals surface area contributed by atoms with E-state index in [1.807, 2.05) is 60.1 Å². The molecule has 0 saturated carbocycles. The largest absolute Gasteiger partial charge is 0.496 e. The molecule has 0 saturated heterocycles. The van der Waals surface area contributed by atoms with Crippen molar-refractivity contribution in [2.45, 2.75) is 11.6 Å². The molecule has 5 nitrogen and oxygen atoms in total. The Morgan fingerprint density at radius 1 is 1.20 bits per heavy atom. The number of aryl methyl sites for hydroxylation is 1. The van der Waals surface area contributed by atoms with E-state index >= 15 is 0 Å². The average molecular weight is 355 g/mol. The third-order valence-electron chi connectivity index (χ3n) is 3.99. The number of ether oxygens (including phenoxy) is 1. The van der Waals surface area contributed by atoms with Crippen molar-refractivity contribution in [3.63, 3.8) is 0 Å². The summed E-state index contributed by atoms with van der Waals surface area (Å²) in [6.07, 6.45) is 0.743. The first-order chi connectivity index (χ1) is 12.2. The molecule has 25 heavy (non-hydrogen) atoms. The number of carbonyl (C=O) groups excluding carboxylic acids is 1. The van der Waals surface area contributed by atoms with Gasteiger partial charge in [-0.2, -0.15) is 0 Å². The van der Waals surface area contributed by atoms with Crippen LogP contribution in [0.15, 0.2) is 53.7 Å². The summed E-state index contributed by atoms with van der Waals surface area (Å²) in [5, 5.41) is 3.80.